The normalized spacial score (nSPS) is 10.9. The lowest BCUT2D eigenvalue weighted by molar-refractivity contribution is 0.0954. The molecule has 0 atom stereocenters. The van der Waals surface area contributed by atoms with Crippen LogP contribution in [0.5, 0.6) is 0 Å². The molecule has 32 heavy (non-hydrogen) atoms. The molecule has 0 unspecified atom stereocenters. The van der Waals surface area contributed by atoms with Crippen molar-refractivity contribution in [1.29, 1.82) is 0 Å². The highest BCUT2D eigenvalue weighted by Crippen LogP contribution is 2.32. The van der Waals surface area contributed by atoms with Crippen LogP contribution in [0, 0.1) is 0 Å². The van der Waals surface area contributed by atoms with E-state index >= 15 is 0 Å². The summed E-state index contributed by atoms with van der Waals surface area (Å²) < 4.78 is 0. The van der Waals surface area contributed by atoms with Crippen molar-refractivity contribution in [1.82, 2.24) is 15.3 Å². The first-order chi connectivity index (χ1) is 15.6. The summed E-state index contributed by atoms with van der Waals surface area (Å²) in [6.07, 6.45) is 3.30. The largest absolute Gasteiger partial charge is 0.383 e. The van der Waals surface area contributed by atoms with Crippen LogP contribution in [0.1, 0.15) is 17.3 Å². The van der Waals surface area contributed by atoms with Gasteiger partial charge in [-0.05, 0) is 53.3 Å². The molecule has 5 N–H and O–H groups in total. The van der Waals surface area contributed by atoms with Crippen LogP contribution in [0.25, 0.3) is 33.2 Å². The fraction of sp³-hybridized carbons (Fsp3) is 0.160. The predicted molar refractivity (Wildman–Crippen MR) is 133 cm³/mol. The van der Waals surface area contributed by atoms with Gasteiger partial charge in [0.2, 0.25) is 0 Å². The van der Waals surface area contributed by atoms with Crippen LogP contribution in [-0.2, 0) is 0 Å². The molecule has 6 nitrogen and oxygen atoms in total. The van der Waals surface area contributed by atoms with Crippen molar-refractivity contribution in [2.45, 2.75) is 11.8 Å². The lowest BCUT2D eigenvalue weighted by Gasteiger charge is -2.10. The monoisotopic (exact) mass is 443 g/mol. The van der Waals surface area contributed by atoms with Gasteiger partial charge in [-0.25, -0.2) is 4.98 Å². The summed E-state index contributed by atoms with van der Waals surface area (Å²) in [6, 6.07) is 18.2. The first kappa shape index (κ1) is 21.8. The van der Waals surface area contributed by atoms with E-state index in [1.54, 1.807) is 24.2 Å². The van der Waals surface area contributed by atoms with Gasteiger partial charge in [-0.15, -0.1) is 11.8 Å². The molecule has 2 aromatic carbocycles. The number of anilines is 1. The molecule has 1 amide bonds. The topological polar surface area (TPSA) is 107 Å². The Bertz CT molecular complexity index is 1260. The highest BCUT2D eigenvalue weighted by molar-refractivity contribution is 7.99. The third-order valence-corrected chi connectivity index (χ3v) is 5.98. The van der Waals surface area contributed by atoms with Crippen LogP contribution in [0.3, 0.4) is 0 Å². The zero-order chi connectivity index (χ0) is 22.5. The number of carbonyl (C=O) groups is 1. The Morgan fingerprint density at radius 1 is 1.00 bits per heavy atom. The molecule has 0 saturated heterocycles. The minimum atomic E-state index is -0.188. The van der Waals surface area contributed by atoms with E-state index in [1.807, 2.05) is 24.3 Å². The van der Waals surface area contributed by atoms with Crippen molar-refractivity contribution < 1.29 is 4.79 Å². The molecule has 0 spiro atoms. The second-order valence-corrected chi connectivity index (χ2v) is 8.63. The van der Waals surface area contributed by atoms with Gasteiger partial charge in [0.25, 0.3) is 5.91 Å². The molecule has 0 bridgehead atoms. The lowest BCUT2D eigenvalue weighted by atomic mass is 10.0. The maximum atomic E-state index is 12.3. The van der Waals surface area contributed by atoms with E-state index in [1.165, 1.54) is 4.90 Å². The number of nitrogen functional groups attached to an aromatic ring is 1. The molecule has 0 fully saturated rings. The molecule has 0 aliphatic rings. The summed E-state index contributed by atoms with van der Waals surface area (Å²) in [5, 5.41) is 3.74. The van der Waals surface area contributed by atoms with Crippen molar-refractivity contribution in [3.05, 3.63) is 72.6 Å². The standard InChI is InChI=1S/C25H25N5OS/c1-2-32-21-6-3-16(4-7-21)22-13-18-11-17(5-8-23(18)30-24(22)27)19-12-20(15-28-14-19)25(31)29-10-9-26/h3-8,11-15H,2,9-10,26H2,1H3,(H2,27,30)(H,29,31). The fourth-order valence-electron chi connectivity index (χ4n) is 3.51. The number of nitrogens with two attached hydrogens (primary N) is 2. The maximum absolute atomic E-state index is 12.3. The van der Waals surface area contributed by atoms with Gasteiger partial charge < -0.3 is 16.8 Å². The number of pyridine rings is 2. The van der Waals surface area contributed by atoms with Crippen LogP contribution in [0.4, 0.5) is 5.82 Å². The second kappa shape index (κ2) is 9.80. The van der Waals surface area contributed by atoms with Gasteiger partial charge in [0.15, 0.2) is 0 Å². The minimum Gasteiger partial charge on any atom is -0.383 e. The van der Waals surface area contributed by atoms with Gasteiger partial charge >= 0.3 is 0 Å². The van der Waals surface area contributed by atoms with Gasteiger partial charge in [-0.3, -0.25) is 9.78 Å². The van der Waals surface area contributed by atoms with E-state index in [0.29, 0.717) is 24.5 Å². The molecule has 0 aliphatic heterocycles. The number of hydrogen-bond donors (Lipinski definition) is 3. The molecule has 2 aromatic heterocycles. The third-order valence-electron chi connectivity index (χ3n) is 5.08. The Labute approximate surface area is 191 Å². The summed E-state index contributed by atoms with van der Waals surface area (Å²) in [5.74, 6) is 1.35. The number of nitrogens with one attached hydrogen (secondary N) is 1. The van der Waals surface area contributed by atoms with Crippen LogP contribution >= 0.6 is 11.8 Å². The number of nitrogens with zero attached hydrogens (tertiary/aromatic N) is 2. The first-order valence-electron chi connectivity index (χ1n) is 10.5. The molecule has 162 valence electrons. The molecule has 0 aliphatic carbocycles. The molecule has 4 aromatic rings. The van der Waals surface area contributed by atoms with E-state index in [-0.39, 0.29) is 5.91 Å². The van der Waals surface area contributed by atoms with Gasteiger partial charge in [-0.1, -0.05) is 25.1 Å². The zero-order valence-electron chi connectivity index (χ0n) is 17.8. The number of rotatable bonds is 7. The quantitative estimate of drug-likeness (QED) is 0.367. The smallest absolute Gasteiger partial charge is 0.252 e. The van der Waals surface area contributed by atoms with Crippen molar-refractivity contribution >= 4 is 34.4 Å². The molecule has 0 saturated carbocycles. The maximum Gasteiger partial charge on any atom is 0.252 e. The van der Waals surface area contributed by atoms with E-state index in [0.717, 1.165) is 38.9 Å². The molecule has 4 rings (SSSR count). The predicted octanol–water partition coefficient (Wildman–Crippen LogP) is 4.35. The summed E-state index contributed by atoms with van der Waals surface area (Å²) in [6.45, 7) is 2.95. The summed E-state index contributed by atoms with van der Waals surface area (Å²) in [5.41, 5.74) is 16.8. The van der Waals surface area contributed by atoms with Crippen molar-refractivity contribution in [3.8, 4) is 22.3 Å². The first-order valence-corrected chi connectivity index (χ1v) is 11.4. The Kier molecular flexibility index (Phi) is 6.68. The number of amides is 1. The van der Waals surface area contributed by atoms with E-state index in [9.17, 15) is 4.79 Å². The Morgan fingerprint density at radius 3 is 2.53 bits per heavy atom. The Hall–Kier alpha value is -3.42. The van der Waals surface area contributed by atoms with Crippen LogP contribution in [-0.4, -0.2) is 34.7 Å². The van der Waals surface area contributed by atoms with E-state index in [4.69, 9.17) is 11.5 Å². The van der Waals surface area contributed by atoms with Crippen LogP contribution < -0.4 is 16.8 Å². The fourth-order valence-corrected chi connectivity index (χ4v) is 4.17. The third kappa shape index (κ3) is 4.74. The van der Waals surface area contributed by atoms with Crippen LogP contribution in [0.15, 0.2) is 71.9 Å². The second-order valence-electron chi connectivity index (χ2n) is 7.29. The molecular weight excluding hydrogens is 418 g/mol. The molecule has 0 radical (unpaired) electrons. The molecule has 7 heteroatoms. The van der Waals surface area contributed by atoms with Gasteiger partial charge in [0.1, 0.15) is 5.82 Å². The van der Waals surface area contributed by atoms with Crippen LogP contribution in [0.2, 0.25) is 0 Å². The van der Waals surface area contributed by atoms with E-state index in [2.05, 4.69) is 52.5 Å². The zero-order valence-corrected chi connectivity index (χ0v) is 18.7. The molecular formula is C25H25N5OS. The number of thioether (sulfide) groups is 1. The number of fused-ring (bicyclic) bond motifs is 1. The summed E-state index contributed by atoms with van der Waals surface area (Å²) >= 11 is 1.81. The van der Waals surface area contributed by atoms with Gasteiger partial charge in [0.05, 0.1) is 11.1 Å². The average molecular weight is 444 g/mol. The number of carbonyl (C=O) groups excluding carboxylic acids is 1. The number of hydrogen-bond acceptors (Lipinski definition) is 6. The Balaban J connectivity index is 1.70. The highest BCUT2D eigenvalue weighted by atomic mass is 32.2. The number of aromatic nitrogens is 2. The summed E-state index contributed by atoms with van der Waals surface area (Å²) in [7, 11) is 0. The van der Waals surface area contributed by atoms with E-state index < -0.39 is 0 Å². The van der Waals surface area contributed by atoms with Crippen molar-refractivity contribution in [3.63, 3.8) is 0 Å². The minimum absolute atomic E-state index is 0.188. The molecule has 2 heterocycles. The number of benzene rings is 2. The lowest BCUT2D eigenvalue weighted by Crippen LogP contribution is -2.29. The average Bonchev–Trinajstić information content (AvgIpc) is 2.82. The summed E-state index contributed by atoms with van der Waals surface area (Å²) in [4.78, 5) is 22.4. The highest BCUT2D eigenvalue weighted by Gasteiger charge is 2.11. The van der Waals surface area contributed by atoms with Gasteiger partial charge in [0, 0.05) is 46.9 Å². The SMILES string of the molecule is CCSc1ccc(-c2cc3cc(-c4cncc(C(=O)NCCN)c4)ccc3nc2N)cc1. The van der Waals surface area contributed by atoms with Crippen molar-refractivity contribution in [2.24, 2.45) is 5.73 Å². The van der Waals surface area contributed by atoms with Gasteiger partial charge in [-0.2, -0.15) is 0 Å². The Morgan fingerprint density at radius 2 is 1.78 bits per heavy atom. The van der Waals surface area contributed by atoms with Crippen molar-refractivity contribution in [2.75, 3.05) is 24.6 Å².